The average molecular weight is 249 g/mol. The summed E-state index contributed by atoms with van der Waals surface area (Å²) in [5.74, 6) is 0.328. The minimum Gasteiger partial charge on any atom is -0.449 e. The van der Waals surface area contributed by atoms with Gasteiger partial charge in [0.05, 0.1) is 6.61 Å². The minimum atomic E-state index is -0.463. The highest BCUT2D eigenvalue weighted by Crippen LogP contribution is 2.07. The molecule has 0 spiro atoms. The van der Waals surface area contributed by atoms with Crippen molar-refractivity contribution in [3.05, 3.63) is 0 Å². The van der Waals surface area contributed by atoms with E-state index in [0.717, 1.165) is 0 Å². The molecule has 1 heterocycles. The van der Waals surface area contributed by atoms with Crippen LogP contribution in [0.2, 0.25) is 0 Å². The number of nitrogens with zero attached hydrogens (tertiary/aromatic N) is 2. The molecule has 5 nitrogen and oxygen atoms in total. The van der Waals surface area contributed by atoms with E-state index in [9.17, 15) is 9.59 Å². The van der Waals surface area contributed by atoms with Gasteiger partial charge in [0.1, 0.15) is 0 Å². The number of ether oxygens (including phenoxy) is 1. The Morgan fingerprint density at radius 1 is 1.19 bits per heavy atom. The van der Waals surface area contributed by atoms with Gasteiger partial charge in [0.15, 0.2) is 0 Å². The second kappa shape index (κ2) is 5.94. The lowest BCUT2D eigenvalue weighted by Crippen LogP contribution is -2.49. The molecule has 0 bridgehead atoms. The fraction of sp³-hybridized carbons (Fsp3) is 0.800. The predicted molar refractivity (Wildman–Crippen MR) is 60.6 cm³/mol. The van der Waals surface area contributed by atoms with E-state index in [-0.39, 0.29) is 6.09 Å². The van der Waals surface area contributed by atoms with Crippen LogP contribution in [0.15, 0.2) is 0 Å². The van der Waals surface area contributed by atoms with Gasteiger partial charge in [0.2, 0.25) is 0 Å². The Kier molecular flexibility index (Phi) is 4.86. The number of carbonyl (C=O) groups excluding carboxylic acids is 2. The highest BCUT2D eigenvalue weighted by Gasteiger charge is 2.23. The molecule has 1 aliphatic heterocycles. The van der Waals surface area contributed by atoms with Crippen LogP contribution in [0.25, 0.3) is 0 Å². The Morgan fingerprint density at radius 2 is 1.69 bits per heavy atom. The minimum absolute atomic E-state index is 0.310. The summed E-state index contributed by atoms with van der Waals surface area (Å²) in [4.78, 5) is 25.5. The van der Waals surface area contributed by atoms with Gasteiger partial charge in [-0.25, -0.2) is 4.79 Å². The zero-order valence-corrected chi connectivity index (χ0v) is 10.4. The number of amides is 2. The van der Waals surface area contributed by atoms with E-state index in [1.54, 1.807) is 4.90 Å². The van der Waals surface area contributed by atoms with Crippen molar-refractivity contribution in [3.8, 4) is 0 Å². The second-order valence-electron chi connectivity index (χ2n) is 4.20. The van der Waals surface area contributed by atoms with Crippen molar-refractivity contribution >= 4 is 23.1 Å². The third-order valence-corrected chi connectivity index (χ3v) is 2.57. The summed E-state index contributed by atoms with van der Waals surface area (Å²) in [6, 6.07) is 0. The molecule has 2 amide bonds. The number of piperazine rings is 1. The third-order valence-electron chi connectivity index (χ3n) is 2.33. The second-order valence-corrected chi connectivity index (χ2v) is 4.52. The van der Waals surface area contributed by atoms with E-state index in [2.05, 4.69) is 0 Å². The molecule has 0 aromatic heterocycles. The van der Waals surface area contributed by atoms with Gasteiger partial charge in [-0.2, -0.15) is 0 Å². The molecule has 0 aromatic rings. The Labute approximate surface area is 100 Å². The molecule has 1 fully saturated rings. The lowest BCUT2D eigenvalue weighted by atomic mass is 10.2. The third kappa shape index (κ3) is 3.89. The molecule has 6 heteroatoms. The van der Waals surface area contributed by atoms with Crippen LogP contribution in [-0.4, -0.2) is 54.0 Å². The van der Waals surface area contributed by atoms with E-state index in [1.807, 2.05) is 13.8 Å². The number of hydrogen-bond donors (Lipinski definition) is 0. The zero-order chi connectivity index (χ0) is 12.1. The van der Waals surface area contributed by atoms with Crippen molar-refractivity contribution in [2.24, 2.45) is 5.92 Å². The first-order chi connectivity index (χ1) is 7.50. The molecule has 1 rings (SSSR count). The maximum absolute atomic E-state index is 11.5. The summed E-state index contributed by atoms with van der Waals surface area (Å²) in [5, 5.41) is -0.463. The van der Waals surface area contributed by atoms with Gasteiger partial charge >= 0.3 is 11.5 Å². The van der Waals surface area contributed by atoms with Gasteiger partial charge in [-0.05, 0) is 17.5 Å². The van der Waals surface area contributed by atoms with Gasteiger partial charge in [-0.15, -0.1) is 0 Å². The largest absolute Gasteiger partial charge is 0.449 e. The molecular formula is C10H17ClN2O3. The number of rotatable bonds is 2. The van der Waals surface area contributed by atoms with Crippen LogP contribution in [0, 0.1) is 5.92 Å². The highest BCUT2D eigenvalue weighted by atomic mass is 35.5. The highest BCUT2D eigenvalue weighted by molar-refractivity contribution is 6.62. The summed E-state index contributed by atoms with van der Waals surface area (Å²) in [5.41, 5.74) is 0. The number of hydrogen-bond acceptors (Lipinski definition) is 3. The van der Waals surface area contributed by atoms with Crippen LogP contribution < -0.4 is 0 Å². The van der Waals surface area contributed by atoms with Crippen LogP contribution in [0.4, 0.5) is 9.59 Å². The molecule has 0 aromatic carbocycles. The van der Waals surface area contributed by atoms with Crippen molar-refractivity contribution < 1.29 is 14.3 Å². The standard InChI is InChI=1S/C10H17ClN2O3/c1-8(2)7-16-10(15)13-5-3-12(4-6-13)9(11)14/h8H,3-7H2,1-2H3. The van der Waals surface area contributed by atoms with Gasteiger partial charge < -0.3 is 14.5 Å². The SMILES string of the molecule is CC(C)COC(=O)N1CCN(C(=O)Cl)CC1. The van der Waals surface area contributed by atoms with E-state index in [4.69, 9.17) is 16.3 Å². The van der Waals surface area contributed by atoms with Crippen molar-refractivity contribution in [1.29, 1.82) is 0 Å². The first-order valence-corrected chi connectivity index (χ1v) is 5.74. The Balaban J connectivity index is 2.30. The molecular weight excluding hydrogens is 232 g/mol. The van der Waals surface area contributed by atoms with Gasteiger partial charge in [0, 0.05) is 26.2 Å². The van der Waals surface area contributed by atoms with Crippen molar-refractivity contribution in [1.82, 2.24) is 9.80 Å². The molecule has 0 N–H and O–H groups in total. The molecule has 0 radical (unpaired) electrons. The lowest BCUT2D eigenvalue weighted by Gasteiger charge is -2.32. The Morgan fingerprint density at radius 3 is 2.12 bits per heavy atom. The summed E-state index contributed by atoms with van der Waals surface area (Å²) < 4.78 is 5.09. The summed E-state index contributed by atoms with van der Waals surface area (Å²) >= 11 is 5.34. The van der Waals surface area contributed by atoms with Crippen molar-refractivity contribution in [2.45, 2.75) is 13.8 Å². The molecule has 0 aliphatic carbocycles. The quantitative estimate of drug-likeness (QED) is 0.553. The molecule has 0 unspecified atom stereocenters. The fourth-order valence-electron chi connectivity index (χ4n) is 1.39. The van der Waals surface area contributed by atoms with Crippen LogP contribution in [0.5, 0.6) is 0 Å². The van der Waals surface area contributed by atoms with E-state index in [1.165, 1.54) is 4.90 Å². The topological polar surface area (TPSA) is 49.9 Å². The van der Waals surface area contributed by atoms with Crippen LogP contribution in [0.3, 0.4) is 0 Å². The first kappa shape index (κ1) is 13.1. The summed E-state index contributed by atoms with van der Waals surface area (Å²) in [7, 11) is 0. The summed E-state index contributed by atoms with van der Waals surface area (Å²) in [6.07, 6.45) is -0.310. The average Bonchev–Trinajstić information content (AvgIpc) is 2.26. The van der Waals surface area contributed by atoms with Gasteiger partial charge in [-0.1, -0.05) is 13.8 Å². The number of carbonyl (C=O) groups is 2. The maximum atomic E-state index is 11.5. The van der Waals surface area contributed by atoms with Crippen LogP contribution in [0.1, 0.15) is 13.8 Å². The van der Waals surface area contributed by atoms with E-state index >= 15 is 0 Å². The van der Waals surface area contributed by atoms with Crippen molar-refractivity contribution in [2.75, 3.05) is 32.8 Å². The normalized spacial score (nSPS) is 16.5. The molecule has 0 atom stereocenters. The molecule has 1 aliphatic rings. The van der Waals surface area contributed by atoms with E-state index in [0.29, 0.717) is 38.7 Å². The van der Waals surface area contributed by atoms with Gasteiger partial charge in [-0.3, -0.25) is 4.79 Å². The van der Waals surface area contributed by atoms with Crippen LogP contribution >= 0.6 is 11.6 Å². The zero-order valence-electron chi connectivity index (χ0n) is 9.61. The van der Waals surface area contributed by atoms with E-state index < -0.39 is 5.37 Å². The number of halogens is 1. The maximum Gasteiger partial charge on any atom is 0.409 e. The van der Waals surface area contributed by atoms with Crippen molar-refractivity contribution in [3.63, 3.8) is 0 Å². The fourth-order valence-corrected chi connectivity index (χ4v) is 1.56. The molecule has 16 heavy (non-hydrogen) atoms. The lowest BCUT2D eigenvalue weighted by molar-refractivity contribution is 0.0762. The first-order valence-electron chi connectivity index (χ1n) is 5.37. The molecule has 1 saturated heterocycles. The molecule has 92 valence electrons. The smallest absolute Gasteiger partial charge is 0.409 e. The summed E-state index contributed by atoms with van der Waals surface area (Å²) in [6.45, 7) is 6.30. The Bertz CT molecular complexity index is 263. The monoisotopic (exact) mass is 248 g/mol. The molecule has 0 saturated carbocycles. The van der Waals surface area contributed by atoms with Gasteiger partial charge in [0.25, 0.3) is 0 Å². The predicted octanol–water partition coefficient (Wildman–Crippen LogP) is 1.76. The van der Waals surface area contributed by atoms with Crippen LogP contribution in [-0.2, 0) is 4.74 Å². The Hall–Kier alpha value is -0.970.